The number of halogens is 1. The largest absolute Gasteiger partial charge is 0.294 e. The number of hydrogen-bond donors (Lipinski definition) is 0. The molecule has 0 unspecified atom stereocenters. The zero-order valence-corrected chi connectivity index (χ0v) is 7.71. The summed E-state index contributed by atoms with van der Waals surface area (Å²) in [5.41, 5.74) is 0.730. The minimum atomic E-state index is -1.08. The number of hydrogen-bond acceptors (Lipinski definition) is 2. The van der Waals surface area contributed by atoms with E-state index in [0.29, 0.717) is 6.42 Å². The molecule has 0 saturated carbocycles. The highest BCUT2D eigenvalue weighted by Gasteiger charge is 2.08. The van der Waals surface area contributed by atoms with Crippen molar-refractivity contribution in [2.24, 2.45) is 0 Å². The third-order valence-corrected chi connectivity index (χ3v) is 2.63. The molecule has 0 heterocycles. The van der Waals surface area contributed by atoms with Crippen LogP contribution in [0.2, 0.25) is 0 Å². The van der Waals surface area contributed by atoms with Crippen molar-refractivity contribution >= 4 is 27.0 Å². The minimum Gasteiger partial charge on any atom is -0.294 e. The van der Waals surface area contributed by atoms with Crippen molar-refractivity contribution in [2.75, 3.05) is 0 Å². The summed E-state index contributed by atoms with van der Waals surface area (Å²) >= 11 is -1.08. The molecule has 1 aliphatic carbocycles. The summed E-state index contributed by atoms with van der Waals surface area (Å²) in [5, 5.41) is 0. The van der Waals surface area contributed by atoms with E-state index in [1.54, 1.807) is 19.1 Å². The van der Waals surface area contributed by atoms with Crippen molar-refractivity contribution in [3.05, 3.63) is 21.3 Å². The molecule has 54 valence electrons. The molecule has 2 nitrogen and oxygen atoms in total. The highest BCUT2D eigenvalue weighted by Crippen LogP contribution is 2.21. The fourth-order valence-electron chi connectivity index (χ4n) is 0.751. The lowest BCUT2D eigenvalue weighted by Crippen LogP contribution is -2.01. The minimum absolute atomic E-state index is 0.140. The molecule has 0 aromatic heterocycles. The van der Waals surface area contributed by atoms with Crippen molar-refractivity contribution in [3.8, 4) is 0 Å². The van der Waals surface area contributed by atoms with Gasteiger partial charge in [-0.1, -0.05) is 6.08 Å². The summed E-state index contributed by atoms with van der Waals surface area (Å²) in [5.74, 6) is 0.140. The Morgan fingerprint density at radius 1 is 1.60 bits per heavy atom. The molecule has 0 fully saturated rings. The van der Waals surface area contributed by atoms with E-state index in [4.69, 9.17) is 0 Å². The van der Waals surface area contributed by atoms with E-state index in [9.17, 15) is 7.86 Å². The number of allylic oxidation sites excluding steroid dienone is 4. The van der Waals surface area contributed by atoms with Gasteiger partial charge in [0.25, 0.3) is 0 Å². The molecular weight excluding hydrogens is 243 g/mol. The maximum Gasteiger partial charge on any atom is 0.181 e. The fourth-order valence-corrected chi connectivity index (χ4v) is 1.75. The van der Waals surface area contributed by atoms with E-state index in [2.05, 4.69) is 0 Å². The first kappa shape index (κ1) is 7.78. The SMILES string of the molecule is CC1=CC(I=O)=CCC1=O. The molecule has 0 saturated heterocycles. The predicted molar refractivity (Wildman–Crippen MR) is 46.2 cm³/mol. The van der Waals surface area contributed by atoms with Gasteiger partial charge in [-0.2, -0.15) is 0 Å². The van der Waals surface area contributed by atoms with Crippen molar-refractivity contribution < 1.29 is 7.86 Å². The van der Waals surface area contributed by atoms with E-state index in [0.717, 1.165) is 9.15 Å². The number of carbonyl (C=O) groups excluding carboxylic acids is 1. The van der Waals surface area contributed by atoms with Crippen LogP contribution in [0.4, 0.5) is 0 Å². The molecule has 0 aromatic rings. The smallest absolute Gasteiger partial charge is 0.181 e. The van der Waals surface area contributed by atoms with Crippen LogP contribution in [0.3, 0.4) is 0 Å². The monoisotopic (exact) mass is 250 g/mol. The molecule has 0 bridgehead atoms. The Hall–Kier alpha value is -0.320. The van der Waals surface area contributed by atoms with Gasteiger partial charge in [0.05, 0.1) is 0 Å². The molecule has 0 amide bonds. The normalized spacial score (nSPS) is 18.3. The summed E-state index contributed by atoms with van der Waals surface area (Å²) < 4.78 is 11.3. The van der Waals surface area contributed by atoms with Crippen molar-refractivity contribution in [1.29, 1.82) is 0 Å². The fraction of sp³-hybridized carbons (Fsp3) is 0.286. The molecule has 0 N–H and O–H groups in total. The Balaban J connectivity index is 2.89. The first-order chi connectivity index (χ1) is 4.74. The highest BCUT2D eigenvalue weighted by molar-refractivity contribution is 14.2. The summed E-state index contributed by atoms with van der Waals surface area (Å²) in [6.07, 6.45) is 3.89. The van der Waals surface area contributed by atoms with Gasteiger partial charge in [-0.25, -0.2) is 0 Å². The van der Waals surface area contributed by atoms with Crippen LogP contribution in [0.1, 0.15) is 13.3 Å². The number of Topliss-reactive ketones (excluding diaryl/α,β-unsaturated/α-hetero) is 1. The zero-order chi connectivity index (χ0) is 7.56. The third-order valence-electron chi connectivity index (χ3n) is 1.37. The van der Waals surface area contributed by atoms with Crippen LogP contribution < -0.4 is 0 Å². The van der Waals surface area contributed by atoms with Crippen LogP contribution in [0.5, 0.6) is 0 Å². The Kier molecular flexibility index (Phi) is 2.48. The molecule has 1 aliphatic rings. The number of rotatable bonds is 1. The lowest BCUT2D eigenvalue weighted by Gasteiger charge is -2.02. The molecular formula is C7H7IO2. The highest BCUT2D eigenvalue weighted by atomic mass is 127. The van der Waals surface area contributed by atoms with E-state index in [1.165, 1.54) is 0 Å². The van der Waals surface area contributed by atoms with Gasteiger partial charge in [-0.3, -0.25) is 7.86 Å². The Labute approximate surface area is 69.6 Å². The maximum absolute atomic E-state index is 10.9. The van der Waals surface area contributed by atoms with Crippen LogP contribution in [0.25, 0.3) is 0 Å². The van der Waals surface area contributed by atoms with Crippen LogP contribution >= 0.6 is 21.2 Å². The molecule has 0 aliphatic heterocycles. The van der Waals surface area contributed by atoms with Gasteiger partial charge >= 0.3 is 0 Å². The van der Waals surface area contributed by atoms with Gasteiger partial charge in [-0.15, -0.1) is 0 Å². The maximum atomic E-state index is 10.9. The van der Waals surface area contributed by atoms with Crippen LogP contribution in [-0.4, -0.2) is 5.78 Å². The van der Waals surface area contributed by atoms with Crippen molar-refractivity contribution in [2.45, 2.75) is 13.3 Å². The van der Waals surface area contributed by atoms with E-state index >= 15 is 0 Å². The average Bonchev–Trinajstić information content (AvgIpc) is 1.95. The second-order valence-corrected chi connectivity index (χ2v) is 3.81. The second-order valence-electron chi connectivity index (χ2n) is 2.12. The second kappa shape index (κ2) is 3.18. The van der Waals surface area contributed by atoms with Crippen molar-refractivity contribution in [1.82, 2.24) is 0 Å². The molecule has 0 atom stereocenters. The molecule has 1 rings (SSSR count). The molecule has 0 aromatic carbocycles. The Morgan fingerprint density at radius 2 is 2.30 bits per heavy atom. The van der Waals surface area contributed by atoms with Gasteiger partial charge in [0.1, 0.15) is 0 Å². The van der Waals surface area contributed by atoms with Crippen LogP contribution in [-0.2, 0) is 7.86 Å². The average molecular weight is 250 g/mol. The summed E-state index contributed by atoms with van der Waals surface area (Å²) in [6.45, 7) is 1.76. The van der Waals surface area contributed by atoms with Crippen LogP contribution in [0, 0.1) is 0 Å². The third kappa shape index (κ3) is 1.59. The van der Waals surface area contributed by atoms with Crippen LogP contribution in [0.15, 0.2) is 21.3 Å². The summed E-state index contributed by atoms with van der Waals surface area (Å²) in [6, 6.07) is 0. The molecule has 10 heavy (non-hydrogen) atoms. The lowest BCUT2D eigenvalue weighted by molar-refractivity contribution is -0.114. The van der Waals surface area contributed by atoms with E-state index in [1.807, 2.05) is 0 Å². The molecule has 0 spiro atoms. The lowest BCUT2D eigenvalue weighted by atomic mass is 10.1. The van der Waals surface area contributed by atoms with E-state index in [-0.39, 0.29) is 5.78 Å². The number of ketones is 1. The summed E-state index contributed by atoms with van der Waals surface area (Å²) in [7, 11) is 0. The van der Waals surface area contributed by atoms with Gasteiger partial charge in [0.2, 0.25) is 0 Å². The van der Waals surface area contributed by atoms with Gasteiger partial charge in [0, 0.05) is 10.0 Å². The quantitative estimate of drug-likeness (QED) is 0.668. The predicted octanol–water partition coefficient (Wildman–Crippen LogP) is 2.11. The van der Waals surface area contributed by atoms with E-state index < -0.39 is 21.2 Å². The Bertz CT molecular complexity index is 238. The summed E-state index contributed by atoms with van der Waals surface area (Å²) in [4.78, 5) is 10.9. The Morgan fingerprint density at radius 3 is 2.80 bits per heavy atom. The molecule has 0 radical (unpaired) electrons. The standard InChI is InChI=1S/C7H7IO2/c1-5-4-6(8-10)2-3-7(5)9/h2,4H,3H2,1H3. The first-order valence-corrected chi connectivity index (χ1v) is 4.88. The first-order valence-electron chi connectivity index (χ1n) is 2.93. The number of carbonyl (C=O) groups is 1. The van der Waals surface area contributed by atoms with Crippen molar-refractivity contribution in [3.63, 3.8) is 0 Å². The van der Waals surface area contributed by atoms with Gasteiger partial charge in [0.15, 0.2) is 27.0 Å². The van der Waals surface area contributed by atoms with Gasteiger partial charge in [-0.05, 0) is 18.6 Å². The topological polar surface area (TPSA) is 34.1 Å². The van der Waals surface area contributed by atoms with Gasteiger partial charge < -0.3 is 0 Å². The zero-order valence-electron chi connectivity index (χ0n) is 5.56. The molecule has 3 heteroatoms.